The summed E-state index contributed by atoms with van der Waals surface area (Å²) >= 11 is 0. The molecule has 0 amide bonds. The van der Waals surface area contributed by atoms with E-state index in [1.165, 1.54) is 4.31 Å². The van der Waals surface area contributed by atoms with Crippen molar-refractivity contribution < 1.29 is 22.7 Å². The van der Waals surface area contributed by atoms with Crippen LogP contribution in [-0.4, -0.2) is 56.9 Å². The molecule has 0 saturated carbocycles. The van der Waals surface area contributed by atoms with Crippen molar-refractivity contribution in [3.05, 3.63) is 0 Å². The van der Waals surface area contributed by atoms with Gasteiger partial charge in [-0.3, -0.25) is 4.79 Å². The van der Waals surface area contributed by atoms with Crippen LogP contribution >= 0.6 is 0 Å². The van der Waals surface area contributed by atoms with Crippen LogP contribution in [-0.2, 0) is 24.3 Å². The molecule has 0 aromatic heterocycles. The molecular formula is C13H25NO5S. The van der Waals surface area contributed by atoms with Crippen molar-refractivity contribution in [1.82, 2.24) is 4.31 Å². The van der Waals surface area contributed by atoms with Crippen molar-refractivity contribution in [3.63, 3.8) is 0 Å². The van der Waals surface area contributed by atoms with Crippen molar-refractivity contribution in [2.45, 2.75) is 39.7 Å². The number of hydrogen-bond acceptors (Lipinski definition) is 5. The Kier molecular flexibility index (Phi) is 6.91. The van der Waals surface area contributed by atoms with Gasteiger partial charge >= 0.3 is 5.97 Å². The Balaban J connectivity index is 2.54. The highest BCUT2D eigenvalue weighted by atomic mass is 32.2. The summed E-state index contributed by atoms with van der Waals surface area (Å²) in [5.41, 5.74) is 0. The largest absolute Gasteiger partial charge is 0.466 e. The van der Waals surface area contributed by atoms with E-state index < -0.39 is 10.0 Å². The molecule has 0 aliphatic carbocycles. The Morgan fingerprint density at radius 1 is 1.40 bits per heavy atom. The zero-order valence-corrected chi connectivity index (χ0v) is 13.3. The van der Waals surface area contributed by atoms with E-state index in [-0.39, 0.29) is 36.9 Å². The SMILES string of the molecule is CCOC(=O)[C@@H]1CCCN(S(=O)(=O)CCOC(C)C)C1. The smallest absolute Gasteiger partial charge is 0.310 e. The third kappa shape index (κ3) is 5.38. The molecule has 1 fully saturated rings. The van der Waals surface area contributed by atoms with Gasteiger partial charge < -0.3 is 9.47 Å². The number of esters is 1. The van der Waals surface area contributed by atoms with E-state index >= 15 is 0 Å². The number of rotatable bonds is 7. The maximum atomic E-state index is 12.2. The van der Waals surface area contributed by atoms with Crippen LogP contribution in [0, 0.1) is 5.92 Å². The van der Waals surface area contributed by atoms with Crippen LogP contribution in [0.4, 0.5) is 0 Å². The summed E-state index contributed by atoms with van der Waals surface area (Å²) in [6.07, 6.45) is 1.39. The number of carbonyl (C=O) groups is 1. The number of piperidine rings is 1. The normalized spacial score (nSPS) is 21.1. The third-order valence-electron chi connectivity index (χ3n) is 3.19. The Hall–Kier alpha value is -0.660. The van der Waals surface area contributed by atoms with Crippen LogP contribution < -0.4 is 0 Å². The van der Waals surface area contributed by atoms with E-state index in [1.807, 2.05) is 13.8 Å². The molecular weight excluding hydrogens is 282 g/mol. The summed E-state index contributed by atoms with van der Waals surface area (Å²) in [5, 5.41) is 0. The van der Waals surface area contributed by atoms with E-state index in [2.05, 4.69) is 0 Å². The second-order valence-electron chi connectivity index (χ2n) is 5.18. The van der Waals surface area contributed by atoms with Crippen LogP contribution in [0.1, 0.15) is 33.6 Å². The van der Waals surface area contributed by atoms with Gasteiger partial charge in [-0.1, -0.05) is 0 Å². The standard InChI is InChI=1S/C13H25NO5S/c1-4-18-13(15)12-6-5-7-14(10-12)20(16,17)9-8-19-11(2)3/h11-12H,4-10H2,1-3H3/t12-/m1/s1. The molecule has 1 aliphatic heterocycles. The first-order valence-electron chi connectivity index (χ1n) is 7.13. The van der Waals surface area contributed by atoms with Crippen molar-refractivity contribution in [1.29, 1.82) is 0 Å². The lowest BCUT2D eigenvalue weighted by molar-refractivity contribution is -0.149. The van der Waals surface area contributed by atoms with Gasteiger partial charge in [0.1, 0.15) is 0 Å². The van der Waals surface area contributed by atoms with Gasteiger partial charge in [-0.15, -0.1) is 0 Å². The topological polar surface area (TPSA) is 72.9 Å². The molecule has 0 aromatic rings. The summed E-state index contributed by atoms with van der Waals surface area (Å²) < 4.78 is 36.0. The highest BCUT2D eigenvalue weighted by Crippen LogP contribution is 2.20. The van der Waals surface area contributed by atoms with Crippen LogP contribution in [0.25, 0.3) is 0 Å². The molecule has 0 bridgehead atoms. The molecule has 20 heavy (non-hydrogen) atoms. The molecule has 1 heterocycles. The van der Waals surface area contributed by atoms with Crippen LogP contribution in [0.5, 0.6) is 0 Å². The first-order chi connectivity index (χ1) is 9.36. The fourth-order valence-electron chi connectivity index (χ4n) is 2.17. The zero-order chi connectivity index (χ0) is 15.2. The third-order valence-corrected chi connectivity index (χ3v) is 4.99. The Bertz CT molecular complexity index is 407. The fourth-order valence-corrected chi connectivity index (χ4v) is 3.55. The van der Waals surface area contributed by atoms with Crippen molar-refractivity contribution >= 4 is 16.0 Å². The Morgan fingerprint density at radius 2 is 2.10 bits per heavy atom. The molecule has 1 rings (SSSR count). The van der Waals surface area contributed by atoms with E-state index in [0.717, 1.165) is 0 Å². The van der Waals surface area contributed by atoms with Gasteiger partial charge in [0.2, 0.25) is 10.0 Å². The predicted octanol–water partition coefficient (Wildman–Crippen LogP) is 1.02. The monoisotopic (exact) mass is 307 g/mol. The summed E-state index contributed by atoms with van der Waals surface area (Å²) in [6, 6.07) is 0. The van der Waals surface area contributed by atoms with Crippen LogP contribution in [0.3, 0.4) is 0 Å². The molecule has 1 aliphatic rings. The van der Waals surface area contributed by atoms with E-state index in [0.29, 0.717) is 26.0 Å². The molecule has 6 nitrogen and oxygen atoms in total. The van der Waals surface area contributed by atoms with Gasteiger partial charge in [0.15, 0.2) is 0 Å². The van der Waals surface area contributed by atoms with Crippen LogP contribution in [0.15, 0.2) is 0 Å². The van der Waals surface area contributed by atoms with Gasteiger partial charge in [0, 0.05) is 13.1 Å². The lowest BCUT2D eigenvalue weighted by atomic mass is 10.0. The summed E-state index contributed by atoms with van der Waals surface area (Å²) in [4.78, 5) is 11.7. The molecule has 0 radical (unpaired) electrons. The number of sulfonamides is 1. The van der Waals surface area contributed by atoms with Crippen molar-refractivity contribution in [2.75, 3.05) is 32.1 Å². The highest BCUT2D eigenvalue weighted by Gasteiger charge is 2.32. The minimum atomic E-state index is -3.36. The van der Waals surface area contributed by atoms with E-state index in [4.69, 9.17) is 9.47 Å². The number of hydrogen-bond donors (Lipinski definition) is 0. The molecule has 0 unspecified atom stereocenters. The second kappa shape index (κ2) is 7.95. The Morgan fingerprint density at radius 3 is 2.70 bits per heavy atom. The summed E-state index contributed by atoms with van der Waals surface area (Å²) in [5.74, 6) is -0.684. The van der Waals surface area contributed by atoms with E-state index in [1.54, 1.807) is 6.92 Å². The number of nitrogens with zero attached hydrogens (tertiary/aromatic N) is 1. The number of carbonyl (C=O) groups excluding carboxylic acids is 1. The fraction of sp³-hybridized carbons (Fsp3) is 0.923. The van der Waals surface area contributed by atoms with E-state index in [9.17, 15) is 13.2 Å². The summed E-state index contributed by atoms with van der Waals surface area (Å²) in [7, 11) is -3.36. The molecule has 1 saturated heterocycles. The van der Waals surface area contributed by atoms with Crippen LogP contribution in [0.2, 0.25) is 0 Å². The molecule has 7 heteroatoms. The average molecular weight is 307 g/mol. The molecule has 118 valence electrons. The lowest BCUT2D eigenvalue weighted by Crippen LogP contribution is -2.44. The lowest BCUT2D eigenvalue weighted by Gasteiger charge is -2.30. The van der Waals surface area contributed by atoms with Crippen molar-refractivity contribution in [2.24, 2.45) is 5.92 Å². The quantitative estimate of drug-likeness (QED) is 0.657. The van der Waals surface area contributed by atoms with Gasteiger partial charge in [0.25, 0.3) is 0 Å². The minimum Gasteiger partial charge on any atom is -0.466 e. The summed E-state index contributed by atoms with van der Waals surface area (Å²) in [6.45, 7) is 6.68. The molecule has 0 spiro atoms. The van der Waals surface area contributed by atoms with Gasteiger partial charge in [-0.25, -0.2) is 12.7 Å². The maximum absolute atomic E-state index is 12.2. The minimum absolute atomic E-state index is 0.0128. The molecule has 1 atom stereocenters. The predicted molar refractivity (Wildman–Crippen MR) is 75.8 cm³/mol. The van der Waals surface area contributed by atoms with Gasteiger partial charge in [-0.05, 0) is 33.6 Å². The molecule has 0 N–H and O–H groups in total. The maximum Gasteiger partial charge on any atom is 0.310 e. The van der Waals surface area contributed by atoms with Crippen molar-refractivity contribution in [3.8, 4) is 0 Å². The Labute approximate surface area is 121 Å². The first-order valence-corrected chi connectivity index (χ1v) is 8.73. The second-order valence-corrected chi connectivity index (χ2v) is 7.27. The van der Waals surface area contributed by atoms with Gasteiger partial charge in [-0.2, -0.15) is 0 Å². The number of ether oxygens (including phenoxy) is 2. The van der Waals surface area contributed by atoms with Gasteiger partial charge in [0.05, 0.1) is 31.0 Å². The average Bonchev–Trinajstić information content (AvgIpc) is 2.38. The zero-order valence-electron chi connectivity index (χ0n) is 12.5. The first kappa shape index (κ1) is 17.4. The highest BCUT2D eigenvalue weighted by molar-refractivity contribution is 7.89. The molecule has 0 aromatic carbocycles.